The number of aliphatic hydroxyl groups excluding tert-OH is 1. The largest absolute Gasteiger partial charge is 0.748 e. The van der Waals surface area contributed by atoms with E-state index in [4.69, 9.17) is 9.42 Å². The van der Waals surface area contributed by atoms with E-state index < -0.39 is 16.5 Å². The van der Waals surface area contributed by atoms with Crippen LogP contribution in [0.5, 0.6) is 0 Å². The average molecular weight is 426 g/mol. The number of hydrogen-bond acceptors (Lipinski definition) is 6. The molecule has 0 saturated heterocycles. The third-order valence-electron chi connectivity index (χ3n) is 6.54. The van der Waals surface area contributed by atoms with Gasteiger partial charge in [-0.15, -0.1) is 21.2 Å². The van der Waals surface area contributed by atoms with Gasteiger partial charge >= 0.3 is 16.5 Å². The first-order chi connectivity index (χ1) is 12.2. The summed E-state index contributed by atoms with van der Waals surface area (Å²) >= 11 is 1.57. The second kappa shape index (κ2) is 9.95. The van der Waals surface area contributed by atoms with E-state index in [1.165, 1.54) is 0 Å². The molecule has 0 bridgehead atoms. The summed E-state index contributed by atoms with van der Waals surface area (Å²) in [6.07, 6.45) is 3.59. The van der Waals surface area contributed by atoms with Crippen LogP contribution in [0.1, 0.15) is 67.2 Å². The molecule has 2 N–H and O–H groups in total. The molecule has 0 fully saturated rings. The minimum Gasteiger partial charge on any atom is -0.512 e. The molecule has 6 nitrogen and oxygen atoms in total. The molecular formula is C17H32O6P2S+2. The van der Waals surface area contributed by atoms with E-state index in [9.17, 15) is 14.2 Å². The van der Waals surface area contributed by atoms with Crippen molar-refractivity contribution < 1.29 is 28.0 Å². The fourth-order valence-electron chi connectivity index (χ4n) is 4.76. The Kier molecular flexibility index (Phi) is 9.19. The van der Waals surface area contributed by atoms with E-state index in [2.05, 4.69) is 38.9 Å². The van der Waals surface area contributed by atoms with E-state index in [1.807, 2.05) is 6.92 Å². The van der Waals surface area contributed by atoms with E-state index in [-0.39, 0.29) is 27.9 Å². The fourth-order valence-corrected chi connectivity index (χ4v) is 7.83. The van der Waals surface area contributed by atoms with Gasteiger partial charge in [-0.05, 0) is 43.6 Å². The van der Waals surface area contributed by atoms with Gasteiger partial charge in [0, 0.05) is 25.7 Å². The van der Waals surface area contributed by atoms with Gasteiger partial charge in [0.1, 0.15) is 0 Å². The standard InChI is InChI=1S/C17H30O6P2S/c1-7-16(8-2)12(5)14(18)13(6)17(9-3,10-4)15(16)26-11-22-25(21)23-24(19)20/h12,15H,7-11H2,1-6H3/p+2. The van der Waals surface area contributed by atoms with Crippen molar-refractivity contribution in [3.63, 3.8) is 0 Å². The molecule has 1 aliphatic rings. The molecule has 0 amide bonds. The predicted octanol–water partition coefficient (Wildman–Crippen LogP) is 6.48. The zero-order valence-corrected chi connectivity index (χ0v) is 19.1. The zero-order chi connectivity index (χ0) is 20.1. The molecule has 0 heterocycles. The Balaban J connectivity index is 3.22. The highest BCUT2D eigenvalue weighted by Gasteiger charge is 2.56. The molecule has 150 valence electrons. The average Bonchev–Trinajstić information content (AvgIpc) is 2.61. The van der Waals surface area contributed by atoms with Crippen molar-refractivity contribution in [3.05, 3.63) is 11.3 Å². The summed E-state index contributed by atoms with van der Waals surface area (Å²) in [4.78, 5) is 8.67. The lowest BCUT2D eigenvalue weighted by Crippen LogP contribution is -2.53. The maximum absolute atomic E-state index is 11.6. The second-order valence-corrected chi connectivity index (χ2v) is 9.75. The Hall–Kier alpha value is -0.0300. The molecule has 4 unspecified atom stereocenters. The van der Waals surface area contributed by atoms with Crippen LogP contribution < -0.4 is 0 Å². The van der Waals surface area contributed by atoms with Crippen LogP contribution in [0.15, 0.2) is 11.3 Å². The summed E-state index contributed by atoms with van der Waals surface area (Å²) in [5.74, 6) is 0.632. The summed E-state index contributed by atoms with van der Waals surface area (Å²) < 4.78 is 31.6. The van der Waals surface area contributed by atoms with E-state index in [0.717, 1.165) is 31.3 Å². The molecule has 0 aliphatic heterocycles. The maximum Gasteiger partial charge on any atom is 0.748 e. The fraction of sp³-hybridized carbons (Fsp3) is 0.882. The summed E-state index contributed by atoms with van der Waals surface area (Å²) in [6.45, 7) is 12.7. The Bertz CT molecular complexity index is 557. The van der Waals surface area contributed by atoms with Gasteiger partial charge in [0.05, 0.1) is 5.76 Å². The smallest absolute Gasteiger partial charge is 0.512 e. The first-order valence-corrected chi connectivity index (χ1v) is 12.4. The van der Waals surface area contributed by atoms with Gasteiger partial charge in [0.25, 0.3) is 0 Å². The van der Waals surface area contributed by atoms with Crippen LogP contribution in [0.2, 0.25) is 0 Å². The second-order valence-electron chi connectivity index (χ2n) is 6.87. The van der Waals surface area contributed by atoms with Crippen molar-refractivity contribution in [2.24, 2.45) is 16.7 Å². The van der Waals surface area contributed by atoms with Crippen LogP contribution in [0, 0.1) is 16.7 Å². The third kappa shape index (κ3) is 4.34. The molecule has 0 aromatic heterocycles. The molecule has 0 radical (unpaired) electrons. The van der Waals surface area contributed by atoms with Crippen LogP contribution in [0.4, 0.5) is 0 Å². The lowest BCUT2D eigenvalue weighted by Gasteiger charge is -2.57. The van der Waals surface area contributed by atoms with Crippen LogP contribution >= 0.6 is 28.3 Å². The van der Waals surface area contributed by atoms with Crippen molar-refractivity contribution in [2.45, 2.75) is 72.5 Å². The van der Waals surface area contributed by atoms with Crippen LogP contribution in [0.25, 0.3) is 0 Å². The first-order valence-electron chi connectivity index (χ1n) is 9.12. The highest BCUT2D eigenvalue weighted by Crippen LogP contribution is 2.62. The van der Waals surface area contributed by atoms with Crippen molar-refractivity contribution in [3.8, 4) is 0 Å². The molecule has 4 atom stereocenters. The number of rotatable bonds is 10. The van der Waals surface area contributed by atoms with Gasteiger partial charge in [0.15, 0.2) is 10.2 Å². The Morgan fingerprint density at radius 3 is 2.08 bits per heavy atom. The van der Waals surface area contributed by atoms with Crippen LogP contribution in [-0.4, -0.2) is 21.2 Å². The maximum atomic E-state index is 11.6. The monoisotopic (exact) mass is 426 g/mol. The molecule has 0 aromatic rings. The number of aliphatic hydroxyl groups is 1. The Morgan fingerprint density at radius 1 is 1.12 bits per heavy atom. The molecule has 0 spiro atoms. The topological polar surface area (TPSA) is 93.1 Å². The highest BCUT2D eigenvalue weighted by molar-refractivity contribution is 7.99. The summed E-state index contributed by atoms with van der Waals surface area (Å²) in [5.41, 5.74) is 0.743. The van der Waals surface area contributed by atoms with Crippen molar-refractivity contribution in [1.29, 1.82) is 0 Å². The molecular weight excluding hydrogens is 394 g/mol. The van der Waals surface area contributed by atoms with Gasteiger partial charge in [-0.25, -0.2) is 0 Å². The summed E-state index contributed by atoms with van der Waals surface area (Å²) in [6, 6.07) is 0. The molecule has 0 aromatic carbocycles. The molecule has 26 heavy (non-hydrogen) atoms. The Morgan fingerprint density at radius 2 is 1.65 bits per heavy atom. The van der Waals surface area contributed by atoms with Crippen LogP contribution in [0.3, 0.4) is 0 Å². The molecule has 0 saturated carbocycles. The highest BCUT2D eigenvalue weighted by atomic mass is 32.2. The van der Waals surface area contributed by atoms with E-state index in [0.29, 0.717) is 5.76 Å². The van der Waals surface area contributed by atoms with Crippen molar-refractivity contribution >= 4 is 28.3 Å². The van der Waals surface area contributed by atoms with Crippen molar-refractivity contribution in [2.75, 3.05) is 5.94 Å². The number of hydrogen-bond donors (Lipinski definition) is 2. The first kappa shape index (κ1) is 24.0. The minimum absolute atomic E-state index is 0.0261. The number of thioether (sulfide) groups is 1. The quantitative estimate of drug-likeness (QED) is 0.305. The van der Waals surface area contributed by atoms with Gasteiger partial charge in [-0.2, -0.15) is 0 Å². The lowest BCUT2D eigenvalue weighted by molar-refractivity contribution is 0.0489. The Labute approximate surface area is 163 Å². The summed E-state index contributed by atoms with van der Waals surface area (Å²) in [7, 11) is -5.57. The minimum atomic E-state index is -2.95. The van der Waals surface area contributed by atoms with Gasteiger partial charge in [-0.3, -0.25) is 0 Å². The predicted molar refractivity (Wildman–Crippen MR) is 106 cm³/mol. The normalized spacial score (nSPS) is 26.0. The molecule has 1 rings (SSSR count). The van der Waals surface area contributed by atoms with Crippen LogP contribution in [-0.2, 0) is 18.0 Å². The summed E-state index contributed by atoms with van der Waals surface area (Å²) in [5, 5.41) is 11.0. The lowest BCUT2D eigenvalue weighted by atomic mass is 9.53. The van der Waals surface area contributed by atoms with Crippen molar-refractivity contribution in [1.82, 2.24) is 0 Å². The van der Waals surface area contributed by atoms with Gasteiger partial charge in [-0.1, -0.05) is 34.6 Å². The third-order valence-corrected chi connectivity index (χ3v) is 9.65. The van der Waals surface area contributed by atoms with Gasteiger partial charge < -0.3 is 5.11 Å². The molecule has 9 heteroatoms. The number of allylic oxidation sites excluding steroid dienone is 2. The molecule has 1 aliphatic carbocycles. The zero-order valence-electron chi connectivity index (χ0n) is 16.5. The van der Waals surface area contributed by atoms with E-state index >= 15 is 0 Å². The van der Waals surface area contributed by atoms with E-state index in [1.54, 1.807) is 11.8 Å². The van der Waals surface area contributed by atoms with Gasteiger partial charge in [0.2, 0.25) is 0 Å². The SMILES string of the molecule is CCC1(CC)C(C)=C(O)C(C)C(CC)(CC)C1SCO[P+](=O)O[P+](=O)O.